The van der Waals surface area contributed by atoms with Gasteiger partial charge in [0.25, 0.3) is 0 Å². The monoisotopic (exact) mass is 616 g/mol. The largest absolute Gasteiger partial charge is 0.368 e. The molecular weight excluding hydrogens is 572 g/mol. The number of aromatic nitrogens is 2. The summed E-state index contributed by atoms with van der Waals surface area (Å²) in [6.07, 6.45) is 5.37. The lowest BCUT2D eigenvalue weighted by Crippen LogP contribution is -2.58. The molecule has 240 valence electrons. The molecule has 12 nitrogen and oxygen atoms in total. The van der Waals surface area contributed by atoms with Gasteiger partial charge in [0.05, 0.1) is 6.04 Å². The molecule has 0 unspecified atom stereocenters. The molecule has 1 heterocycles. The number of rotatable bonds is 17. The van der Waals surface area contributed by atoms with E-state index in [0.717, 1.165) is 17.5 Å². The van der Waals surface area contributed by atoms with Gasteiger partial charge >= 0.3 is 0 Å². The summed E-state index contributed by atoms with van der Waals surface area (Å²) in [4.78, 5) is 61.3. The predicted octanol–water partition coefficient (Wildman–Crippen LogP) is 1.19. The number of benzene rings is 2. The van der Waals surface area contributed by atoms with Gasteiger partial charge in [-0.2, -0.15) is 0 Å². The van der Waals surface area contributed by atoms with Crippen LogP contribution in [0.5, 0.6) is 0 Å². The van der Waals surface area contributed by atoms with Crippen LogP contribution in [-0.2, 0) is 38.4 Å². The molecule has 0 saturated carbocycles. The normalized spacial score (nSPS) is 13.5. The fraction of sp³-hybridized carbons (Fsp3) is 0.394. The Morgan fingerprint density at radius 2 is 1.16 bits per heavy atom. The molecule has 0 radical (unpaired) electrons. The Labute approximate surface area is 264 Å². The summed E-state index contributed by atoms with van der Waals surface area (Å²) in [7, 11) is 0. The van der Waals surface area contributed by atoms with Gasteiger partial charge in [0.15, 0.2) is 0 Å². The predicted molar refractivity (Wildman–Crippen MR) is 172 cm³/mol. The van der Waals surface area contributed by atoms with Crippen LogP contribution in [0.4, 0.5) is 5.95 Å². The molecule has 4 atom stereocenters. The summed E-state index contributed by atoms with van der Waals surface area (Å²) in [6, 6.07) is 14.9. The summed E-state index contributed by atoms with van der Waals surface area (Å²) in [6.45, 7) is 4.12. The highest BCUT2D eigenvalue weighted by molar-refractivity contribution is 5.95. The van der Waals surface area contributed by atoms with Gasteiger partial charge in [-0.25, -0.2) is 9.97 Å². The Kier molecular flexibility index (Phi) is 13.9. The number of nitrogens with zero attached hydrogens (tertiary/aromatic N) is 2. The molecule has 8 N–H and O–H groups in total. The zero-order valence-electron chi connectivity index (χ0n) is 25.9. The molecular formula is C33H44N8O4. The van der Waals surface area contributed by atoms with Gasteiger partial charge in [0.2, 0.25) is 29.6 Å². The topological polar surface area (TPSA) is 194 Å². The third-order valence-corrected chi connectivity index (χ3v) is 7.18. The quantitative estimate of drug-likeness (QED) is 0.130. The lowest BCUT2D eigenvalue weighted by molar-refractivity contribution is -0.134. The van der Waals surface area contributed by atoms with E-state index >= 15 is 0 Å². The minimum atomic E-state index is -0.996. The van der Waals surface area contributed by atoms with Crippen molar-refractivity contribution in [3.63, 3.8) is 0 Å². The van der Waals surface area contributed by atoms with Crippen LogP contribution in [0.2, 0.25) is 0 Å². The van der Waals surface area contributed by atoms with Gasteiger partial charge in [0.1, 0.15) is 18.1 Å². The number of carbonyl (C=O) groups is 4. The van der Waals surface area contributed by atoms with Crippen molar-refractivity contribution in [1.29, 1.82) is 0 Å². The maximum atomic E-state index is 13.7. The molecule has 0 aliphatic rings. The average Bonchev–Trinajstić information content (AvgIpc) is 3.04. The number of nitrogens with one attached hydrogen (secondary N) is 4. The van der Waals surface area contributed by atoms with E-state index in [0.29, 0.717) is 31.4 Å². The number of likely N-dealkylation sites (N-methyl/N-ethyl adjacent to an activating group) is 1. The summed E-state index contributed by atoms with van der Waals surface area (Å²) in [5, 5.41) is 11.2. The lowest BCUT2D eigenvalue weighted by Gasteiger charge is -2.26. The van der Waals surface area contributed by atoms with Crippen LogP contribution < -0.4 is 32.7 Å². The first-order valence-electron chi connectivity index (χ1n) is 15.3. The molecule has 0 aliphatic heterocycles. The molecule has 2 aromatic carbocycles. The highest BCUT2D eigenvalue weighted by atomic mass is 16.2. The number of nitrogens with two attached hydrogens (primary N) is 2. The Morgan fingerprint density at radius 1 is 0.667 bits per heavy atom. The number of hydrogen-bond acceptors (Lipinski definition) is 8. The van der Waals surface area contributed by atoms with Crippen LogP contribution in [0.1, 0.15) is 49.8 Å². The Hall–Kier alpha value is -4.84. The molecule has 12 heteroatoms. The fourth-order valence-corrected chi connectivity index (χ4v) is 4.73. The Bertz CT molecular complexity index is 1370. The van der Waals surface area contributed by atoms with E-state index in [2.05, 4.69) is 31.2 Å². The van der Waals surface area contributed by atoms with Gasteiger partial charge in [-0.15, -0.1) is 0 Å². The van der Waals surface area contributed by atoms with Crippen LogP contribution in [0, 0.1) is 0 Å². The van der Waals surface area contributed by atoms with Crippen LogP contribution in [0.15, 0.2) is 73.1 Å². The van der Waals surface area contributed by atoms with Crippen LogP contribution >= 0.6 is 0 Å². The Balaban J connectivity index is 1.77. The molecule has 3 aromatic rings. The molecule has 45 heavy (non-hydrogen) atoms. The first-order chi connectivity index (χ1) is 21.7. The van der Waals surface area contributed by atoms with Crippen molar-refractivity contribution >= 4 is 29.6 Å². The first-order valence-corrected chi connectivity index (χ1v) is 15.3. The number of nitrogen functional groups attached to an aromatic ring is 1. The molecule has 0 saturated heterocycles. The second kappa shape index (κ2) is 18.1. The third-order valence-electron chi connectivity index (χ3n) is 7.18. The zero-order chi connectivity index (χ0) is 32.6. The van der Waals surface area contributed by atoms with Crippen LogP contribution in [-0.4, -0.2) is 64.3 Å². The molecule has 1 aromatic heterocycles. The van der Waals surface area contributed by atoms with Crippen molar-refractivity contribution in [2.24, 2.45) is 5.73 Å². The van der Waals surface area contributed by atoms with Gasteiger partial charge in [-0.3, -0.25) is 19.2 Å². The number of hydrogen-bond donors (Lipinski definition) is 6. The van der Waals surface area contributed by atoms with Gasteiger partial charge in [-0.1, -0.05) is 80.4 Å². The van der Waals surface area contributed by atoms with Gasteiger partial charge in [-0.05, 0) is 36.5 Å². The highest BCUT2D eigenvalue weighted by Gasteiger charge is 2.30. The zero-order valence-corrected chi connectivity index (χ0v) is 25.9. The molecule has 0 spiro atoms. The van der Waals surface area contributed by atoms with Crippen molar-refractivity contribution in [3.8, 4) is 0 Å². The summed E-state index contributed by atoms with van der Waals surface area (Å²) < 4.78 is 0. The summed E-state index contributed by atoms with van der Waals surface area (Å²) in [5.74, 6) is -1.82. The van der Waals surface area contributed by atoms with E-state index in [1.54, 1.807) is 6.92 Å². The molecule has 0 aliphatic carbocycles. The van der Waals surface area contributed by atoms with Crippen LogP contribution in [0.3, 0.4) is 0 Å². The first kappa shape index (κ1) is 34.6. The maximum absolute atomic E-state index is 13.7. The van der Waals surface area contributed by atoms with Crippen molar-refractivity contribution in [1.82, 2.24) is 31.2 Å². The van der Waals surface area contributed by atoms with E-state index in [-0.39, 0.29) is 24.7 Å². The van der Waals surface area contributed by atoms with Gasteiger partial charge < -0.3 is 32.7 Å². The number of unbranched alkanes of at least 4 members (excludes halogenated alkanes) is 1. The van der Waals surface area contributed by atoms with Crippen molar-refractivity contribution in [3.05, 3.63) is 89.7 Å². The SMILES string of the molecule is CCCC[C@@H](NC(=O)[C@@H](Cc1ccccc1)NC(=O)[C@H](N)Cc1ccccc1)C(=O)N[C@H](Cc1cnc(N)nc1)C(=O)NCC. The highest BCUT2D eigenvalue weighted by Crippen LogP contribution is 2.09. The minimum Gasteiger partial charge on any atom is -0.368 e. The van der Waals surface area contributed by atoms with Crippen molar-refractivity contribution in [2.75, 3.05) is 12.3 Å². The van der Waals surface area contributed by atoms with E-state index < -0.39 is 41.9 Å². The molecule has 3 rings (SSSR count). The third kappa shape index (κ3) is 11.6. The summed E-state index contributed by atoms with van der Waals surface area (Å²) >= 11 is 0. The van der Waals surface area contributed by atoms with Crippen molar-refractivity contribution in [2.45, 2.75) is 76.5 Å². The smallest absolute Gasteiger partial charge is 0.243 e. The van der Waals surface area contributed by atoms with E-state index in [1.807, 2.05) is 67.6 Å². The number of carbonyl (C=O) groups excluding carboxylic acids is 4. The summed E-state index contributed by atoms with van der Waals surface area (Å²) in [5.41, 5.74) is 14.1. The average molecular weight is 617 g/mol. The molecule has 4 amide bonds. The second-order valence-electron chi connectivity index (χ2n) is 10.9. The second-order valence-corrected chi connectivity index (χ2v) is 10.9. The minimum absolute atomic E-state index is 0.0952. The molecule has 0 bridgehead atoms. The molecule has 0 fully saturated rings. The van der Waals surface area contributed by atoms with E-state index in [4.69, 9.17) is 11.5 Å². The number of anilines is 1. The Morgan fingerprint density at radius 3 is 1.73 bits per heavy atom. The van der Waals surface area contributed by atoms with E-state index in [1.165, 1.54) is 12.4 Å². The van der Waals surface area contributed by atoms with Gasteiger partial charge in [0, 0.05) is 31.8 Å². The lowest BCUT2D eigenvalue weighted by atomic mass is 10.0. The van der Waals surface area contributed by atoms with Crippen LogP contribution in [0.25, 0.3) is 0 Å². The number of amides is 4. The maximum Gasteiger partial charge on any atom is 0.243 e. The fourth-order valence-electron chi connectivity index (χ4n) is 4.73. The van der Waals surface area contributed by atoms with E-state index in [9.17, 15) is 19.2 Å². The van der Waals surface area contributed by atoms with Crippen molar-refractivity contribution < 1.29 is 19.2 Å². The standard InChI is InChI=1S/C33H44N8O4/c1-3-5-16-26(31(44)41-27(30(43)36-4-2)19-24-20-37-33(35)38-21-24)39-32(45)28(18-23-14-10-7-11-15-23)40-29(42)25(34)17-22-12-8-6-9-13-22/h6-15,20-21,25-28H,3-5,16-19,34H2,1-2H3,(H,36,43)(H,39,45)(H,40,42)(H,41,44)(H2,35,37,38)/t25-,26-,27-,28-/m1/s1.